The Morgan fingerprint density at radius 1 is 1.28 bits per heavy atom. The van der Waals surface area contributed by atoms with Gasteiger partial charge >= 0.3 is 0 Å². The number of hydrogen-bond acceptors (Lipinski definition) is 4. The summed E-state index contributed by atoms with van der Waals surface area (Å²) in [5.41, 5.74) is 3.48. The van der Waals surface area contributed by atoms with Crippen molar-refractivity contribution < 1.29 is 14.1 Å². The highest BCUT2D eigenvalue weighted by atomic mass is 16.5. The highest BCUT2D eigenvalue weighted by Crippen LogP contribution is 2.24. The molecule has 0 aliphatic rings. The van der Waals surface area contributed by atoms with Crippen LogP contribution in [0.5, 0.6) is 0 Å². The lowest BCUT2D eigenvalue weighted by Crippen LogP contribution is -2.35. The van der Waals surface area contributed by atoms with E-state index in [0.717, 1.165) is 22.2 Å². The predicted octanol–water partition coefficient (Wildman–Crippen LogP) is 2.79. The highest BCUT2D eigenvalue weighted by molar-refractivity contribution is 6.07. The number of hydrogen-bond donors (Lipinski definition) is 2. The molecule has 0 unspecified atom stereocenters. The van der Waals surface area contributed by atoms with Crippen LogP contribution in [0.2, 0.25) is 0 Å². The van der Waals surface area contributed by atoms with E-state index in [1.165, 1.54) is 4.90 Å². The summed E-state index contributed by atoms with van der Waals surface area (Å²) in [7, 11) is 1.59. The van der Waals surface area contributed by atoms with E-state index in [1.807, 2.05) is 26.0 Å². The second-order valence-electron chi connectivity index (χ2n) is 6.14. The Balaban J connectivity index is 1.76. The number of rotatable bonds is 4. The van der Waals surface area contributed by atoms with Gasteiger partial charge in [0.05, 0.1) is 17.6 Å². The molecule has 2 amide bonds. The number of fused-ring (bicyclic) bond motifs is 1. The third-order valence-electron chi connectivity index (χ3n) is 4.20. The Morgan fingerprint density at radius 3 is 2.72 bits per heavy atom. The van der Waals surface area contributed by atoms with Crippen LogP contribution in [0.1, 0.15) is 27.4 Å². The zero-order valence-electron chi connectivity index (χ0n) is 14.6. The lowest BCUT2D eigenvalue weighted by atomic mass is 10.1. The van der Waals surface area contributed by atoms with E-state index in [4.69, 9.17) is 4.52 Å². The third kappa shape index (κ3) is 3.26. The maximum Gasteiger partial charge on any atom is 0.256 e. The number of carbonyl (C=O) groups excluding carboxylic acids is 2. The van der Waals surface area contributed by atoms with Crippen molar-refractivity contribution in [2.24, 2.45) is 0 Å². The van der Waals surface area contributed by atoms with Crippen LogP contribution in [-0.2, 0) is 4.79 Å². The average Bonchev–Trinajstić information content (AvgIpc) is 3.10. The smallest absolute Gasteiger partial charge is 0.256 e. The zero-order valence-corrected chi connectivity index (χ0v) is 14.6. The summed E-state index contributed by atoms with van der Waals surface area (Å²) in [6, 6.07) is 7.20. The number of para-hydroxylation sites is 1. The van der Waals surface area contributed by atoms with Crippen molar-refractivity contribution in [3.05, 3.63) is 46.8 Å². The molecule has 0 aliphatic heterocycles. The van der Waals surface area contributed by atoms with Gasteiger partial charge in [0, 0.05) is 24.2 Å². The number of nitrogens with one attached hydrogen (secondary N) is 2. The second-order valence-corrected chi connectivity index (χ2v) is 6.14. The molecule has 7 nitrogen and oxygen atoms in total. The van der Waals surface area contributed by atoms with Crippen LogP contribution in [0.3, 0.4) is 0 Å². The van der Waals surface area contributed by atoms with E-state index in [2.05, 4.69) is 15.5 Å². The molecule has 0 saturated carbocycles. The Bertz CT molecular complexity index is 955. The maximum absolute atomic E-state index is 12.8. The number of amides is 2. The monoisotopic (exact) mass is 340 g/mol. The SMILES string of the molecule is Cc1cc(NC(=O)CN(C)C(=O)c2cccc3c(C)c(C)[nH]c23)no1. The first-order valence-corrected chi connectivity index (χ1v) is 7.93. The number of aromatic amines is 1. The van der Waals surface area contributed by atoms with E-state index in [-0.39, 0.29) is 18.4 Å². The Labute approximate surface area is 145 Å². The van der Waals surface area contributed by atoms with Gasteiger partial charge in [0.15, 0.2) is 5.82 Å². The normalized spacial score (nSPS) is 10.9. The van der Waals surface area contributed by atoms with Crippen molar-refractivity contribution in [1.82, 2.24) is 15.0 Å². The van der Waals surface area contributed by atoms with Gasteiger partial charge in [0.1, 0.15) is 5.76 Å². The summed E-state index contributed by atoms with van der Waals surface area (Å²) in [5.74, 6) is 0.374. The zero-order chi connectivity index (χ0) is 18.1. The molecule has 0 bridgehead atoms. The molecule has 0 aliphatic carbocycles. The molecular formula is C18H20N4O3. The van der Waals surface area contributed by atoms with E-state index in [1.54, 1.807) is 26.1 Å². The molecule has 0 atom stereocenters. The van der Waals surface area contributed by atoms with Gasteiger partial charge in [-0.1, -0.05) is 17.3 Å². The van der Waals surface area contributed by atoms with Crippen LogP contribution in [0.4, 0.5) is 5.82 Å². The molecule has 2 heterocycles. The largest absolute Gasteiger partial charge is 0.360 e. The number of likely N-dealkylation sites (N-methyl/N-ethyl adjacent to an activating group) is 1. The van der Waals surface area contributed by atoms with Gasteiger partial charge in [0.2, 0.25) is 5.91 Å². The molecule has 0 spiro atoms. The van der Waals surface area contributed by atoms with Crippen molar-refractivity contribution in [2.75, 3.05) is 18.9 Å². The van der Waals surface area contributed by atoms with Crippen LogP contribution in [-0.4, -0.2) is 40.4 Å². The first-order valence-electron chi connectivity index (χ1n) is 7.93. The van der Waals surface area contributed by atoms with Gasteiger partial charge in [-0.2, -0.15) is 0 Å². The number of nitrogens with zero attached hydrogens (tertiary/aromatic N) is 2. The number of anilines is 1. The molecule has 2 N–H and O–H groups in total. The Morgan fingerprint density at radius 2 is 2.04 bits per heavy atom. The van der Waals surface area contributed by atoms with Crippen molar-refractivity contribution >= 4 is 28.5 Å². The predicted molar refractivity (Wildman–Crippen MR) is 94.6 cm³/mol. The molecular weight excluding hydrogens is 320 g/mol. The molecule has 1 aromatic carbocycles. The first-order chi connectivity index (χ1) is 11.9. The molecule has 25 heavy (non-hydrogen) atoms. The number of aryl methyl sites for hydroxylation is 3. The summed E-state index contributed by atoms with van der Waals surface area (Å²) in [5, 5.41) is 7.32. The van der Waals surface area contributed by atoms with E-state index >= 15 is 0 Å². The second kappa shape index (κ2) is 6.43. The summed E-state index contributed by atoms with van der Waals surface area (Å²) in [6.45, 7) is 5.64. The van der Waals surface area contributed by atoms with Crippen LogP contribution in [0, 0.1) is 20.8 Å². The van der Waals surface area contributed by atoms with Gasteiger partial charge in [-0.3, -0.25) is 9.59 Å². The van der Waals surface area contributed by atoms with Gasteiger partial charge < -0.3 is 19.7 Å². The quantitative estimate of drug-likeness (QED) is 0.764. The lowest BCUT2D eigenvalue weighted by Gasteiger charge is -2.16. The Kier molecular flexibility index (Phi) is 4.31. The van der Waals surface area contributed by atoms with Gasteiger partial charge in [-0.15, -0.1) is 0 Å². The van der Waals surface area contributed by atoms with Crippen molar-refractivity contribution in [3.8, 4) is 0 Å². The molecule has 0 saturated heterocycles. The topological polar surface area (TPSA) is 91.2 Å². The van der Waals surface area contributed by atoms with E-state index in [0.29, 0.717) is 17.1 Å². The van der Waals surface area contributed by atoms with Gasteiger partial charge in [0.25, 0.3) is 5.91 Å². The molecule has 3 aromatic rings. The first kappa shape index (κ1) is 16.8. The highest BCUT2D eigenvalue weighted by Gasteiger charge is 2.19. The van der Waals surface area contributed by atoms with Crippen molar-refractivity contribution in [1.29, 1.82) is 0 Å². The van der Waals surface area contributed by atoms with E-state index in [9.17, 15) is 9.59 Å². The maximum atomic E-state index is 12.8. The lowest BCUT2D eigenvalue weighted by molar-refractivity contribution is -0.116. The summed E-state index contributed by atoms with van der Waals surface area (Å²) in [6.07, 6.45) is 0. The summed E-state index contributed by atoms with van der Waals surface area (Å²) in [4.78, 5) is 29.5. The minimum atomic E-state index is -0.338. The number of carbonyl (C=O) groups is 2. The van der Waals surface area contributed by atoms with Crippen LogP contribution in [0.15, 0.2) is 28.8 Å². The molecule has 130 valence electrons. The summed E-state index contributed by atoms with van der Waals surface area (Å²) < 4.78 is 4.90. The number of H-pyrrole nitrogens is 1. The Hall–Kier alpha value is -3.09. The molecule has 0 fully saturated rings. The fourth-order valence-electron chi connectivity index (χ4n) is 2.76. The molecule has 3 rings (SSSR count). The van der Waals surface area contributed by atoms with Crippen LogP contribution < -0.4 is 5.32 Å². The van der Waals surface area contributed by atoms with E-state index < -0.39 is 0 Å². The van der Waals surface area contributed by atoms with Gasteiger partial charge in [-0.25, -0.2) is 0 Å². The minimum Gasteiger partial charge on any atom is -0.360 e. The van der Waals surface area contributed by atoms with Crippen molar-refractivity contribution in [3.63, 3.8) is 0 Å². The van der Waals surface area contributed by atoms with Crippen molar-refractivity contribution in [2.45, 2.75) is 20.8 Å². The molecule has 2 aromatic heterocycles. The molecule has 7 heteroatoms. The fraction of sp³-hybridized carbons (Fsp3) is 0.278. The van der Waals surface area contributed by atoms with Crippen LogP contribution in [0.25, 0.3) is 10.9 Å². The standard InChI is InChI=1S/C18H20N4O3/c1-10-8-15(21-25-10)20-16(23)9-22(4)18(24)14-7-5-6-13-11(2)12(3)19-17(13)14/h5-8,19H,9H2,1-4H3,(H,20,21,23). The van der Waals surface area contributed by atoms with Crippen LogP contribution >= 0.6 is 0 Å². The average molecular weight is 340 g/mol. The van der Waals surface area contributed by atoms with Gasteiger partial charge in [-0.05, 0) is 32.4 Å². The number of aromatic nitrogens is 2. The molecule has 0 radical (unpaired) electrons. The third-order valence-corrected chi connectivity index (χ3v) is 4.20. The summed E-state index contributed by atoms with van der Waals surface area (Å²) >= 11 is 0. The number of benzene rings is 1. The minimum absolute atomic E-state index is 0.0835. The fourth-order valence-corrected chi connectivity index (χ4v) is 2.76.